The molecule has 6 rings (SSSR count). The number of carbonyl (C=O) groups is 3. The summed E-state index contributed by atoms with van der Waals surface area (Å²) in [6.45, 7) is 4.05. The number of carbonyl (C=O) groups excluding carboxylic acids is 3. The molecule has 0 fully saturated rings. The molecule has 3 heterocycles. The van der Waals surface area contributed by atoms with Gasteiger partial charge in [-0.3, -0.25) is 14.4 Å². The maximum absolute atomic E-state index is 14.4. The van der Waals surface area contributed by atoms with E-state index < -0.39 is 0 Å². The standard InChI is InChI=1S/C35H27ClFN3O3S/c1-20-16-27(33(36)38-19-20)34(42)39-24-12-10-22(11-13-24)35(43)40-15-14-23-17-31(44-32(23)25-7-3-4-9-29(25)40)30(41)18-26-21(2)6-5-8-28(26)37/h3-13,16-17,19H,14-15,18H2,1-2H3,(H,39,42). The van der Waals surface area contributed by atoms with Gasteiger partial charge in [0.1, 0.15) is 11.0 Å². The Hall–Kier alpha value is -4.66. The summed E-state index contributed by atoms with van der Waals surface area (Å²) >= 11 is 7.49. The van der Waals surface area contributed by atoms with Gasteiger partial charge in [0.25, 0.3) is 11.8 Å². The van der Waals surface area contributed by atoms with Crippen LogP contribution in [0.3, 0.4) is 0 Å². The van der Waals surface area contributed by atoms with E-state index in [-0.39, 0.29) is 40.6 Å². The van der Waals surface area contributed by atoms with Crippen LogP contribution in [-0.2, 0) is 12.8 Å². The number of halogens is 2. The number of aromatic nitrogens is 1. The van der Waals surface area contributed by atoms with Crippen LogP contribution in [0.25, 0.3) is 10.4 Å². The summed E-state index contributed by atoms with van der Waals surface area (Å²) in [5, 5.41) is 2.92. The van der Waals surface area contributed by atoms with E-state index in [1.807, 2.05) is 37.3 Å². The monoisotopic (exact) mass is 623 g/mol. The Bertz CT molecular complexity index is 1920. The van der Waals surface area contributed by atoms with Crippen molar-refractivity contribution in [2.45, 2.75) is 26.7 Å². The molecule has 3 aromatic carbocycles. The Morgan fingerprint density at radius 1 is 1.00 bits per heavy atom. The fraction of sp³-hybridized carbons (Fsp3) is 0.143. The quantitative estimate of drug-likeness (QED) is 0.153. The van der Waals surface area contributed by atoms with E-state index in [0.717, 1.165) is 32.8 Å². The number of benzene rings is 3. The number of nitrogens with zero attached hydrogens (tertiary/aromatic N) is 2. The zero-order valence-corrected chi connectivity index (χ0v) is 25.6. The summed E-state index contributed by atoms with van der Waals surface area (Å²) in [6, 6.07) is 22.7. The van der Waals surface area contributed by atoms with Gasteiger partial charge in [-0.2, -0.15) is 0 Å². The molecular formula is C35H27ClFN3O3S. The molecule has 220 valence electrons. The zero-order valence-electron chi connectivity index (χ0n) is 24.0. The van der Waals surface area contributed by atoms with E-state index >= 15 is 0 Å². The number of pyridine rings is 1. The first kappa shape index (κ1) is 29.4. The lowest BCUT2D eigenvalue weighted by Gasteiger charge is -2.23. The highest BCUT2D eigenvalue weighted by Crippen LogP contribution is 2.42. The first-order valence-electron chi connectivity index (χ1n) is 14.0. The Morgan fingerprint density at radius 2 is 1.77 bits per heavy atom. The minimum absolute atomic E-state index is 0.00444. The van der Waals surface area contributed by atoms with Crippen molar-refractivity contribution in [2.24, 2.45) is 0 Å². The number of rotatable bonds is 6. The first-order valence-corrected chi connectivity index (χ1v) is 15.2. The third-order valence-corrected chi connectivity index (χ3v) is 9.23. The molecule has 2 aromatic heterocycles. The molecular weight excluding hydrogens is 597 g/mol. The lowest BCUT2D eigenvalue weighted by atomic mass is 10.0. The summed E-state index contributed by atoms with van der Waals surface area (Å²) in [5.41, 5.74) is 5.83. The van der Waals surface area contributed by atoms with Gasteiger partial charge < -0.3 is 10.2 Å². The maximum atomic E-state index is 14.4. The molecule has 0 aliphatic carbocycles. The van der Waals surface area contributed by atoms with Crippen LogP contribution in [0.5, 0.6) is 0 Å². The molecule has 2 amide bonds. The average molecular weight is 624 g/mol. The number of hydrogen-bond acceptors (Lipinski definition) is 5. The van der Waals surface area contributed by atoms with E-state index in [4.69, 9.17) is 11.6 Å². The van der Waals surface area contributed by atoms with Gasteiger partial charge in [-0.1, -0.05) is 41.9 Å². The molecule has 0 atom stereocenters. The van der Waals surface area contributed by atoms with E-state index in [0.29, 0.717) is 34.7 Å². The minimum atomic E-state index is -0.389. The van der Waals surface area contributed by atoms with E-state index in [9.17, 15) is 18.8 Å². The minimum Gasteiger partial charge on any atom is -0.322 e. The van der Waals surface area contributed by atoms with Crippen LogP contribution in [-0.4, -0.2) is 29.1 Å². The number of thiophene rings is 1. The van der Waals surface area contributed by atoms with E-state index in [2.05, 4.69) is 10.3 Å². The van der Waals surface area contributed by atoms with Crippen LogP contribution < -0.4 is 10.2 Å². The van der Waals surface area contributed by atoms with E-state index in [1.54, 1.807) is 60.5 Å². The largest absolute Gasteiger partial charge is 0.322 e. The summed E-state index contributed by atoms with van der Waals surface area (Å²) < 4.78 is 14.4. The van der Waals surface area contributed by atoms with Crippen molar-refractivity contribution >= 4 is 51.9 Å². The fourth-order valence-corrected chi connectivity index (χ4v) is 6.72. The SMILES string of the molecule is Cc1cnc(Cl)c(C(=O)Nc2ccc(C(=O)N3CCc4cc(C(=O)Cc5c(C)cccc5F)sc4-c4ccccc43)cc2)c1. The number of nitrogens with one attached hydrogen (secondary N) is 1. The number of fused-ring (bicyclic) bond motifs is 3. The Labute approximate surface area is 263 Å². The number of Topliss-reactive ketones (excluding diaryl/α,β-unsaturated/α-hetero) is 1. The highest BCUT2D eigenvalue weighted by Gasteiger charge is 2.28. The molecule has 0 spiro atoms. The predicted molar refractivity (Wildman–Crippen MR) is 173 cm³/mol. The molecule has 0 saturated carbocycles. The van der Waals surface area contributed by atoms with Crippen molar-refractivity contribution in [3.63, 3.8) is 0 Å². The van der Waals surface area contributed by atoms with E-state index in [1.165, 1.54) is 17.4 Å². The number of ketones is 1. The summed E-state index contributed by atoms with van der Waals surface area (Å²) in [7, 11) is 0. The molecule has 1 aliphatic rings. The average Bonchev–Trinajstić information content (AvgIpc) is 3.38. The molecule has 6 nitrogen and oxygen atoms in total. The highest BCUT2D eigenvalue weighted by atomic mass is 35.5. The van der Waals surface area contributed by atoms with Crippen molar-refractivity contribution in [2.75, 3.05) is 16.8 Å². The highest BCUT2D eigenvalue weighted by molar-refractivity contribution is 7.17. The smallest absolute Gasteiger partial charge is 0.258 e. The van der Waals surface area contributed by atoms with Crippen LogP contribution >= 0.6 is 22.9 Å². The van der Waals surface area contributed by atoms with Crippen LogP contribution in [0.4, 0.5) is 15.8 Å². The molecule has 44 heavy (non-hydrogen) atoms. The van der Waals surface area contributed by atoms with Crippen molar-refractivity contribution < 1.29 is 18.8 Å². The van der Waals surface area contributed by atoms with Gasteiger partial charge >= 0.3 is 0 Å². The topological polar surface area (TPSA) is 79.4 Å². The summed E-state index contributed by atoms with van der Waals surface area (Å²) in [4.78, 5) is 47.1. The molecule has 0 saturated heterocycles. The van der Waals surface area contributed by atoms with Gasteiger partial charge in [0, 0.05) is 40.9 Å². The van der Waals surface area contributed by atoms with Crippen LogP contribution in [0.15, 0.2) is 85.1 Å². The predicted octanol–water partition coefficient (Wildman–Crippen LogP) is 8.10. The second-order valence-corrected chi connectivity index (χ2v) is 12.1. The van der Waals surface area contributed by atoms with Gasteiger partial charge in [-0.05, 0) is 91.1 Å². The third kappa shape index (κ3) is 5.78. The second kappa shape index (κ2) is 12.1. The molecule has 0 bridgehead atoms. The van der Waals surface area contributed by atoms with Gasteiger partial charge in [0.05, 0.1) is 16.1 Å². The molecule has 5 aromatic rings. The fourth-order valence-electron chi connectivity index (χ4n) is 5.34. The molecule has 0 radical (unpaired) electrons. The van der Waals surface area contributed by atoms with Gasteiger partial charge in [-0.15, -0.1) is 11.3 Å². The molecule has 1 N–H and O–H groups in total. The Balaban J connectivity index is 1.22. The lowest BCUT2D eigenvalue weighted by molar-refractivity contribution is 0.0982. The number of amides is 2. The summed E-state index contributed by atoms with van der Waals surface area (Å²) in [6.07, 6.45) is 2.14. The Kier molecular flexibility index (Phi) is 8.12. The summed E-state index contributed by atoms with van der Waals surface area (Å²) in [5.74, 6) is -1.07. The number of anilines is 2. The van der Waals surface area contributed by atoms with Gasteiger partial charge in [-0.25, -0.2) is 9.37 Å². The van der Waals surface area contributed by atoms with Crippen molar-refractivity contribution in [3.8, 4) is 10.4 Å². The molecule has 0 unspecified atom stereocenters. The number of aryl methyl sites for hydroxylation is 2. The van der Waals surface area contributed by atoms with Gasteiger partial charge in [0.15, 0.2) is 5.78 Å². The van der Waals surface area contributed by atoms with Crippen molar-refractivity contribution in [1.82, 2.24) is 4.98 Å². The third-order valence-electron chi connectivity index (χ3n) is 7.67. The van der Waals surface area contributed by atoms with Gasteiger partial charge in [0.2, 0.25) is 0 Å². The molecule has 1 aliphatic heterocycles. The maximum Gasteiger partial charge on any atom is 0.258 e. The van der Waals surface area contributed by atoms with Crippen molar-refractivity contribution in [1.29, 1.82) is 0 Å². The molecule has 9 heteroatoms. The number of para-hydroxylation sites is 1. The van der Waals surface area contributed by atoms with Crippen molar-refractivity contribution in [3.05, 3.63) is 134 Å². The van der Waals surface area contributed by atoms with Crippen LogP contribution in [0.1, 0.15) is 52.6 Å². The zero-order chi connectivity index (χ0) is 31.0. The first-order chi connectivity index (χ1) is 21.2. The Morgan fingerprint density at radius 3 is 2.55 bits per heavy atom. The number of hydrogen-bond donors (Lipinski definition) is 1. The lowest BCUT2D eigenvalue weighted by Crippen LogP contribution is -2.32. The van der Waals surface area contributed by atoms with Crippen LogP contribution in [0.2, 0.25) is 5.15 Å². The second-order valence-electron chi connectivity index (χ2n) is 10.7. The normalized spacial score (nSPS) is 12.2. The van der Waals surface area contributed by atoms with Crippen LogP contribution in [0, 0.1) is 19.7 Å².